The second kappa shape index (κ2) is 6.34. The molecule has 2 N–H and O–H groups in total. The van der Waals surface area contributed by atoms with Gasteiger partial charge >= 0.3 is 6.18 Å². The SMILES string of the molecule is C[C@]12CCC3[C@@H](CCC4=C[C@@](O)(C(F)(F)F)CC[C@@]43CO)C1CC/C2=C/C#N. The average molecular weight is 395 g/mol. The van der Waals surface area contributed by atoms with E-state index in [2.05, 4.69) is 13.0 Å². The Kier molecular flexibility index (Phi) is 4.52. The fourth-order valence-electron chi connectivity index (χ4n) is 7.21. The maximum Gasteiger partial charge on any atom is 0.420 e. The van der Waals surface area contributed by atoms with Crippen LogP contribution < -0.4 is 0 Å². The summed E-state index contributed by atoms with van der Waals surface area (Å²) in [6.45, 7) is 2.09. The Balaban J connectivity index is 1.70. The lowest BCUT2D eigenvalue weighted by atomic mass is 9.46. The maximum atomic E-state index is 13.4. The molecular weight excluding hydrogens is 367 g/mol. The zero-order valence-corrected chi connectivity index (χ0v) is 16.2. The monoisotopic (exact) mass is 395 g/mol. The largest absolute Gasteiger partial charge is 0.420 e. The van der Waals surface area contributed by atoms with Crippen molar-refractivity contribution < 1.29 is 23.4 Å². The van der Waals surface area contributed by atoms with Gasteiger partial charge in [-0.05, 0) is 80.6 Å². The zero-order valence-electron chi connectivity index (χ0n) is 16.2. The number of halogens is 3. The van der Waals surface area contributed by atoms with Crippen molar-refractivity contribution in [2.45, 2.75) is 70.1 Å². The Hall–Kier alpha value is -1.32. The Morgan fingerprint density at radius 2 is 1.93 bits per heavy atom. The molecule has 0 radical (unpaired) electrons. The molecule has 0 aromatic carbocycles. The van der Waals surface area contributed by atoms with Crippen molar-refractivity contribution in [2.75, 3.05) is 6.61 Å². The van der Waals surface area contributed by atoms with Gasteiger partial charge < -0.3 is 10.2 Å². The molecule has 0 aromatic heterocycles. The number of fused-ring (bicyclic) bond motifs is 5. The second-order valence-corrected chi connectivity index (χ2v) is 9.61. The Morgan fingerprint density at radius 3 is 2.57 bits per heavy atom. The van der Waals surface area contributed by atoms with E-state index in [1.165, 1.54) is 5.57 Å². The predicted molar refractivity (Wildman–Crippen MR) is 97.8 cm³/mol. The highest BCUT2D eigenvalue weighted by Crippen LogP contribution is 2.67. The van der Waals surface area contributed by atoms with Crippen LogP contribution in [-0.4, -0.2) is 28.6 Å². The van der Waals surface area contributed by atoms with Gasteiger partial charge in [0.25, 0.3) is 0 Å². The fraction of sp³-hybridized carbons (Fsp3) is 0.773. The molecular formula is C22H28F3NO2. The standard InChI is InChI=1S/C22H28F3NO2/c1-19-8-6-18-16(17(19)5-3-14(19)7-11-26)4-2-15-12-21(28,22(23,24)25)10-9-20(15,18)13-27/h7,12,16-18,27-28H,2-6,8-10,13H2,1H3/b14-7-/t16-,17?,18?,19+,20+,21+/m0/s1. The lowest BCUT2D eigenvalue weighted by Gasteiger charge is -2.59. The molecule has 4 rings (SSSR count). The van der Waals surface area contributed by atoms with Gasteiger partial charge in [-0.2, -0.15) is 18.4 Å². The number of aliphatic hydroxyl groups excluding tert-OH is 1. The molecule has 0 aliphatic heterocycles. The summed E-state index contributed by atoms with van der Waals surface area (Å²) in [5, 5.41) is 29.7. The van der Waals surface area contributed by atoms with Crippen LogP contribution in [0.15, 0.2) is 23.3 Å². The number of rotatable bonds is 1. The van der Waals surface area contributed by atoms with Crippen LogP contribution in [0.4, 0.5) is 13.2 Å². The second-order valence-electron chi connectivity index (χ2n) is 9.61. The number of hydrogen-bond donors (Lipinski definition) is 2. The Labute approximate surface area is 163 Å². The van der Waals surface area contributed by atoms with Crippen LogP contribution in [0.25, 0.3) is 0 Å². The molecule has 2 unspecified atom stereocenters. The highest BCUT2D eigenvalue weighted by molar-refractivity contribution is 5.33. The summed E-state index contributed by atoms with van der Waals surface area (Å²) in [5.74, 6) is 0.916. The third kappa shape index (κ3) is 2.55. The van der Waals surface area contributed by atoms with E-state index in [1.54, 1.807) is 6.08 Å². The fourth-order valence-corrected chi connectivity index (χ4v) is 7.21. The van der Waals surface area contributed by atoms with Gasteiger partial charge in [-0.25, -0.2) is 0 Å². The highest BCUT2D eigenvalue weighted by atomic mass is 19.4. The minimum atomic E-state index is -4.69. The van der Waals surface area contributed by atoms with E-state index in [-0.39, 0.29) is 30.8 Å². The summed E-state index contributed by atoms with van der Waals surface area (Å²) >= 11 is 0. The molecule has 28 heavy (non-hydrogen) atoms. The predicted octanol–water partition coefficient (Wildman–Crippen LogP) is 4.66. The van der Waals surface area contributed by atoms with Gasteiger partial charge in [0.1, 0.15) is 0 Å². The molecule has 4 aliphatic carbocycles. The number of hydrogen-bond acceptors (Lipinski definition) is 3. The first-order valence-electron chi connectivity index (χ1n) is 10.3. The summed E-state index contributed by atoms with van der Waals surface area (Å²) in [5.41, 5.74) is -1.59. The van der Waals surface area contributed by atoms with Gasteiger partial charge in [-0.3, -0.25) is 0 Å². The van der Waals surface area contributed by atoms with E-state index in [0.29, 0.717) is 23.8 Å². The van der Waals surface area contributed by atoms with E-state index >= 15 is 0 Å². The number of nitriles is 1. The molecule has 0 spiro atoms. The van der Waals surface area contributed by atoms with Crippen LogP contribution in [0.2, 0.25) is 0 Å². The first kappa shape index (κ1) is 20.0. The number of aliphatic hydroxyl groups is 2. The molecule has 6 atom stereocenters. The number of alkyl halides is 3. The van der Waals surface area contributed by atoms with Crippen LogP contribution in [0, 0.1) is 39.9 Å². The lowest BCUT2D eigenvalue weighted by Crippen LogP contribution is -2.56. The van der Waals surface area contributed by atoms with Crippen molar-refractivity contribution in [1.82, 2.24) is 0 Å². The van der Waals surface area contributed by atoms with Crippen LogP contribution in [0.3, 0.4) is 0 Å². The molecule has 4 aliphatic rings. The van der Waals surface area contributed by atoms with Crippen molar-refractivity contribution >= 4 is 0 Å². The first-order valence-corrected chi connectivity index (χ1v) is 10.3. The maximum absolute atomic E-state index is 13.4. The van der Waals surface area contributed by atoms with Crippen LogP contribution in [-0.2, 0) is 0 Å². The third-order valence-corrected chi connectivity index (χ3v) is 8.76. The van der Waals surface area contributed by atoms with Crippen molar-refractivity contribution in [1.29, 1.82) is 5.26 Å². The molecule has 6 heteroatoms. The summed E-state index contributed by atoms with van der Waals surface area (Å²) in [7, 11) is 0. The van der Waals surface area contributed by atoms with Gasteiger partial charge in [-0.15, -0.1) is 0 Å². The molecule has 154 valence electrons. The van der Waals surface area contributed by atoms with E-state index in [0.717, 1.165) is 38.2 Å². The zero-order chi connectivity index (χ0) is 20.4. The average Bonchev–Trinajstić information content (AvgIpc) is 2.97. The molecule has 0 saturated heterocycles. The quantitative estimate of drug-likeness (QED) is 0.501. The topological polar surface area (TPSA) is 64.2 Å². The van der Waals surface area contributed by atoms with Gasteiger partial charge in [-0.1, -0.05) is 18.1 Å². The van der Waals surface area contributed by atoms with Crippen LogP contribution >= 0.6 is 0 Å². The molecule has 3 fully saturated rings. The normalized spacial score (nSPS) is 47.0. The summed E-state index contributed by atoms with van der Waals surface area (Å²) in [6.07, 6.45) is 2.82. The minimum absolute atomic E-state index is 0.00384. The minimum Gasteiger partial charge on any atom is -0.395 e. The van der Waals surface area contributed by atoms with E-state index in [9.17, 15) is 23.4 Å². The molecule has 0 bridgehead atoms. The van der Waals surface area contributed by atoms with Gasteiger partial charge in [0.2, 0.25) is 0 Å². The van der Waals surface area contributed by atoms with E-state index in [4.69, 9.17) is 5.26 Å². The first-order chi connectivity index (χ1) is 13.1. The molecule has 3 nitrogen and oxygen atoms in total. The third-order valence-electron chi connectivity index (χ3n) is 8.76. The summed E-state index contributed by atoms with van der Waals surface area (Å²) < 4.78 is 40.2. The summed E-state index contributed by atoms with van der Waals surface area (Å²) in [6, 6.07) is 2.18. The van der Waals surface area contributed by atoms with Crippen molar-refractivity contribution in [3.63, 3.8) is 0 Å². The van der Waals surface area contributed by atoms with E-state index in [1.807, 2.05) is 0 Å². The number of nitrogens with zero attached hydrogens (tertiary/aromatic N) is 1. The van der Waals surface area contributed by atoms with Gasteiger partial charge in [0.15, 0.2) is 5.60 Å². The molecule has 0 amide bonds. The van der Waals surface area contributed by atoms with Gasteiger partial charge in [0, 0.05) is 11.5 Å². The van der Waals surface area contributed by atoms with Crippen molar-refractivity contribution in [3.8, 4) is 6.07 Å². The van der Waals surface area contributed by atoms with Crippen molar-refractivity contribution in [2.24, 2.45) is 28.6 Å². The van der Waals surface area contributed by atoms with Crippen LogP contribution in [0.1, 0.15) is 58.3 Å². The highest BCUT2D eigenvalue weighted by Gasteiger charge is 2.62. The summed E-state index contributed by atoms with van der Waals surface area (Å²) in [4.78, 5) is 0. The molecule has 3 saturated carbocycles. The Morgan fingerprint density at radius 1 is 1.18 bits per heavy atom. The molecule has 0 heterocycles. The number of allylic oxidation sites excluding steroid dienone is 2. The molecule has 0 aromatic rings. The lowest BCUT2D eigenvalue weighted by molar-refractivity contribution is -0.249. The Bertz CT molecular complexity index is 767. The van der Waals surface area contributed by atoms with Crippen molar-refractivity contribution in [3.05, 3.63) is 23.3 Å². The van der Waals surface area contributed by atoms with Crippen LogP contribution in [0.5, 0.6) is 0 Å². The van der Waals surface area contributed by atoms with Gasteiger partial charge in [0.05, 0.1) is 12.7 Å². The smallest absolute Gasteiger partial charge is 0.395 e. The van der Waals surface area contributed by atoms with E-state index < -0.39 is 17.2 Å².